The van der Waals surface area contributed by atoms with Gasteiger partial charge in [-0.25, -0.2) is 0 Å². The summed E-state index contributed by atoms with van der Waals surface area (Å²) in [6.45, 7) is 4.47. The Morgan fingerprint density at radius 2 is 2.10 bits per heavy atom. The molecule has 1 N–H and O–H groups in total. The van der Waals surface area contributed by atoms with Gasteiger partial charge in [0.25, 0.3) is 0 Å². The molecule has 1 aromatic heterocycles. The number of anilines is 1. The van der Waals surface area contributed by atoms with Crippen LogP contribution in [0.3, 0.4) is 0 Å². The Balaban J connectivity index is 1.77. The molecule has 3 rings (SSSR count). The van der Waals surface area contributed by atoms with E-state index in [2.05, 4.69) is 41.5 Å². The molecule has 2 atom stereocenters. The topological polar surface area (TPSA) is 51.0 Å². The molecule has 2 aromatic rings. The van der Waals surface area contributed by atoms with E-state index in [4.69, 9.17) is 4.42 Å². The summed E-state index contributed by atoms with van der Waals surface area (Å²) in [5.41, 5.74) is 3.41. The first-order valence-electron chi connectivity index (χ1n) is 7.38. The molecule has 0 bridgehead atoms. The van der Waals surface area contributed by atoms with Crippen molar-refractivity contribution in [3.05, 3.63) is 30.2 Å². The van der Waals surface area contributed by atoms with Crippen molar-refractivity contribution >= 4 is 5.69 Å². The lowest BCUT2D eigenvalue weighted by molar-refractivity contribution is 0.349. The molecule has 0 amide bonds. The fourth-order valence-corrected chi connectivity index (χ4v) is 2.99. The van der Waals surface area contributed by atoms with Crippen molar-refractivity contribution in [2.45, 2.75) is 45.6 Å². The lowest BCUT2D eigenvalue weighted by atomic mass is 9.85. The van der Waals surface area contributed by atoms with Gasteiger partial charge in [-0.1, -0.05) is 19.8 Å². The van der Waals surface area contributed by atoms with E-state index in [0.29, 0.717) is 11.9 Å². The minimum Gasteiger partial charge on any atom is -0.423 e. The summed E-state index contributed by atoms with van der Waals surface area (Å²) in [6.07, 6.45) is 6.67. The molecule has 1 fully saturated rings. The Labute approximate surface area is 119 Å². The number of rotatable bonds is 3. The van der Waals surface area contributed by atoms with Crippen molar-refractivity contribution in [2.24, 2.45) is 5.92 Å². The lowest BCUT2D eigenvalue weighted by Crippen LogP contribution is -2.30. The van der Waals surface area contributed by atoms with E-state index in [0.717, 1.165) is 11.5 Å². The molecule has 4 heteroatoms. The Morgan fingerprint density at radius 1 is 1.25 bits per heavy atom. The quantitative estimate of drug-likeness (QED) is 0.915. The third kappa shape index (κ3) is 2.69. The molecule has 4 nitrogen and oxygen atoms in total. The average molecular weight is 271 g/mol. The maximum Gasteiger partial charge on any atom is 0.247 e. The summed E-state index contributed by atoms with van der Waals surface area (Å²) in [6, 6.07) is 6.85. The molecule has 1 aliphatic carbocycles. The zero-order valence-electron chi connectivity index (χ0n) is 12.1. The zero-order chi connectivity index (χ0) is 13.9. The van der Waals surface area contributed by atoms with Crippen LogP contribution < -0.4 is 5.32 Å². The molecule has 0 spiro atoms. The molecular formula is C16H21N3O. The SMILES string of the molecule is Cc1cc(-c2nnco2)ccc1NC1CCCCC1C. The van der Waals surface area contributed by atoms with Gasteiger partial charge in [-0.05, 0) is 49.4 Å². The van der Waals surface area contributed by atoms with Crippen LogP contribution in [0.2, 0.25) is 0 Å². The number of aryl methyl sites for hydroxylation is 1. The van der Waals surface area contributed by atoms with Gasteiger partial charge in [-0.3, -0.25) is 0 Å². The summed E-state index contributed by atoms with van der Waals surface area (Å²) in [5.74, 6) is 1.32. The number of aromatic nitrogens is 2. The predicted octanol–water partition coefficient (Wildman–Crippen LogP) is 4.04. The summed E-state index contributed by atoms with van der Waals surface area (Å²) >= 11 is 0. The van der Waals surface area contributed by atoms with Crippen LogP contribution in [0.25, 0.3) is 11.5 Å². The van der Waals surface area contributed by atoms with Gasteiger partial charge in [0.2, 0.25) is 12.3 Å². The van der Waals surface area contributed by atoms with Crippen molar-refractivity contribution in [3.63, 3.8) is 0 Å². The summed E-state index contributed by atoms with van der Waals surface area (Å²) < 4.78 is 5.24. The fourth-order valence-electron chi connectivity index (χ4n) is 2.99. The van der Waals surface area contributed by atoms with Crippen LogP contribution in [0.5, 0.6) is 0 Å². The van der Waals surface area contributed by atoms with Gasteiger partial charge in [0.15, 0.2) is 0 Å². The van der Waals surface area contributed by atoms with E-state index in [1.54, 1.807) is 0 Å². The van der Waals surface area contributed by atoms with Gasteiger partial charge < -0.3 is 9.73 Å². The van der Waals surface area contributed by atoms with Crippen LogP contribution in [-0.4, -0.2) is 16.2 Å². The van der Waals surface area contributed by atoms with Crippen LogP contribution in [0.1, 0.15) is 38.2 Å². The summed E-state index contributed by atoms with van der Waals surface area (Å²) in [4.78, 5) is 0. The highest BCUT2D eigenvalue weighted by molar-refractivity contribution is 5.62. The number of nitrogens with zero attached hydrogens (tertiary/aromatic N) is 2. The minimum absolute atomic E-state index is 0.575. The van der Waals surface area contributed by atoms with E-state index in [1.807, 2.05) is 6.07 Å². The van der Waals surface area contributed by atoms with Gasteiger partial charge in [-0.15, -0.1) is 10.2 Å². The van der Waals surface area contributed by atoms with E-state index < -0.39 is 0 Å². The van der Waals surface area contributed by atoms with Crippen molar-refractivity contribution < 1.29 is 4.42 Å². The monoisotopic (exact) mass is 271 g/mol. The molecule has 0 saturated heterocycles. The summed E-state index contributed by atoms with van der Waals surface area (Å²) in [7, 11) is 0. The first-order chi connectivity index (χ1) is 9.74. The minimum atomic E-state index is 0.575. The van der Waals surface area contributed by atoms with Crippen LogP contribution in [-0.2, 0) is 0 Å². The second kappa shape index (κ2) is 5.65. The van der Waals surface area contributed by atoms with Crippen molar-refractivity contribution in [3.8, 4) is 11.5 Å². The van der Waals surface area contributed by atoms with Crippen LogP contribution in [0.15, 0.2) is 29.0 Å². The van der Waals surface area contributed by atoms with Crippen LogP contribution in [0.4, 0.5) is 5.69 Å². The predicted molar refractivity (Wildman–Crippen MR) is 79.5 cm³/mol. The van der Waals surface area contributed by atoms with Gasteiger partial charge in [0, 0.05) is 17.3 Å². The maximum absolute atomic E-state index is 5.24. The van der Waals surface area contributed by atoms with E-state index in [1.165, 1.54) is 43.3 Å². The van der Waals surface area contributed by atoms with Crippen molar-refractivity contribution in [2.75, 3.05) is 5.32 Å². The molecule has 1 heterocycles. The first-order valence-corrected chi connectivity index (χ1v) is 7.38. The number of hydrogen-bond acceptors (Lipinski definition) is 4. The highest BCUT2D eigenvalue weighted by Gasteiger charge is 2.21. The van der Waals surface area contributed by atoms with Gasteiger partial charge in [-0.2, -0.15) is 0 Å². The van der Waals surface area contributed by atoms with E-state index in [-0.39, 0.29) is 0 Å². The highest BCUT2D eigenvalue weighted by atomic mass is 16.4. The largest absolute Gasteiger partial charge is 0.423 e. The second-order valence-corrected chi connectivity index (χ2v) is 5.79. The molecule has 1 aliphatic rings. The second-order valence-electron chi connectivity index (χ2n) is 5.79. The zero-order valence-corrected chi connectivity index (χ0v) is 12.1. The Bertz CT molecular complexity index is 565. The molecule has 20 heavy (non-hydrogen) atoms. The summed E-state index contributed by atoms with van der Waals surface area (Å²) in [5, 5.41) is 11.4. The Morgan fingerprint density at radius 3 is 2.80 bits per heavy atom. The van der Waals surface area contributed by atoms with Crippen molar-refractivity contribution in [1.82, 2.24) is 10.2 Å². The van der Waals surface area contributed by atoms with Crippen molar-refractivity contribution in [1.29, 1.82) is 0 Å². The molecule has 1 saturated carbocycles. The standard InChI is InChI=1S/C16H21N3O/c1-11-5-3-4-6-14(11)18-15-8-7-13(9-12(15)2)16-19-17-10-20-16/h7-11,14,18H,3-6H2,1-2H3. The lowest BCUT2D eigenvalue weighted by Gasteiger charge is -2.31. The Kier molecular flexibility index (Phi) is 3.72. The Hall–Kier alpha value is -1.84. The first kappa shape index (κ1) is 13.2. The highest BCUT2D eigenvalue weighted by Crippen LogP contribution is 2.29. The number of nitrogens with one attached hydrogen (secondary N) is 1. The third-order valence-corrected chi connectivity index (χ3v) is 4.29. The van der Waals surface area contributed by atoms with Gasteiger partial charge in [0.1, 0.15) is 0 Å². The normalized spacial score (nSPS) is 22.7. The molecule has 0 radical (unpaired) electrons. The molecule has 1 aromatic carbocycles. The van der Waals surface area contributed by atoms with E-state index in [9.17, 15) is 0 Å². The number of benzene rings is 1. The number of hydrogen-bond donors (Lipinski definition) is 1. The molecule has 0 aliphatic heterocycles. The smallest absolute Gasteiger partial charge is 0.247 e. The van der Waals surface area contributed by atoms with E-state index >= 15 is 0 Å². The fraction of sp³-hybridized carbons (Fsp3) is 0.500. The van der Waals surface area contributed by atoms with Crippen LogP contribution >= 0.6 is 0 Å². The molecular weight excluding hydrogens is 250 g/mol. The third-order valence-electron chi connectivity index (χ3n) is 4.29. The molecule has 2 unspecified atom stereocenters. The van der Waals surface area contributed by atoms with Crippen LogP contribution in [0, 0.1) is 12.8 Å². The van der Waals surface area contributed by atoms with Gasteiger partial charge >= 0.3 is 0 Å². The molecule has 106 valence electrons. The van der Waals surface area contributed by atoms with Gasteiger partial charge in [0.05, 0.1) is 0 Å². The average Bonchev–Trinajstić information content (AvgIpc) is 2.97. The maximum atomic E-state index is 5.24.